The number of nitrogens with zero attached hydrogens (tertiary/aromatic N) is 2. The Morgan fingerprint density at radius 2 is 1.73 bits per heavy atom. The third kappa shape index (κ3) is 5.97. The fraction of sp³-hybridized carbons (Fsp3) is 0.350. The van der Waals surface area contributed by atoms with E-state index in [-0.39, 0.29) is 17.9 Å². The van der Waals surface area contributed by atoms with Gasteiger partial charge in [-0.25, -0.2) is 0 Å². The Morgan fingerprint density at radius 1 is 1.08 bits per heavy atom. The van der Waals surface area contributed by atoms with Crippen LogP contribution < -0.4 is 10.6 Å². The van der Waals surface area contributed by atoms with Gasteiger partial charge in [-0.2, -0.15) is 0 Å². The fourth-order valence-electron chi connectivity index (χ4n) is 2.49. The van der Waals surface area contributed by atoms with Crippen LogP contribution in [0.4, 0.5) is 0 Å². The molecule has 2 amide bonds. The van der Waals surface area contributed by atoms with Crippen molar-refractivity contribution in [1.82, 2.24) is 20.5 Å². The normalized spacial score (nSPS) is 11.8. The SMILES string of the molecule is CC(NC(=O)c1cncc(C(=O)NCCCN(C)C)c1)c1ccccc1. The summed E-state index contributed by atoms with van der Waals surface area (Å²) >= 11 is 0. The first kappa shape index (κ1) is 19.6. The Bertz CT molecular complexity index is 732. The van der Waals surface area contributed by atoms with E-state index in [1.165, 1.54) is 12.4 Å². The molecule has 2 aromatic rings. The van der Waals surface area contributed by atoms with E-state index in [1.54, 1.807) is 6.07 Å². The average Bonchev–Trinajstić information content (AvgIpc) is 2.65. The number of aromatic nitrogens is 1. The maximum absolute atomic E-state index is 12.5. The highest BCUT2D eigenvalue weighted by atomic mass is 16.2. The minimum Gasteiger partial charge on any atom is -0.352 e. The Hall–Kier alpha value is -2.73. The van der Waals surface area contributed by atoms with Crippen LogP contribution in [0.5, 0.6) is 0 Å². The summed E-state index contributed by atoms with van der Waals surface area (Å²) in [7, 11) is 3.98. The first-order chi connectivity index (χ1) is 12.5. The van der Waals surface area contributed by atoms with E-state index in [0.29, 0.717) is 17.7 Å². The summed E-state index contributed by atoms with van der Waals surface area (Å²) in [6, 6.07) is 11.2. The molecular formula is C20H26N4O2. The van der Waals surface area contributed by atoms with E-state index in [0.717, 1.165) is 18.5 Å². The quantitative estimate of drug-likeness (QED) is 0.713. The number of hydrogen-bond acceptors (Lipinski definition) is 4. The molecule has 2 rings (SSSR count). The van der Waals surface area contributed by atoms with Gasteiger partial charge < -0.3 is 15.5 Å². The molecule has 6 nitrogen and oxygen atoms in total. The molecule has 0 bridgehead atoms. The van der Waals surface area contributed by atoms with Gasteiger partial charge in [-0.1, -0.05) is 30.3 Å². The Labute approximate surface area is 154 Å². The van der Waals surface area contributed by atoms with Crippen LogP contribution in [0.15, 0.2) is 48.8 Å². The molecular weight excluding hydrogens is 328 g/mol. The molecule has 1 heterocycles. The summed E-state index contributed by atoms with van der Waals surface area (Å²) in [6.07, 6.45) is 3.80. The van der Waals surface area contributed by atoms with Gasteiger partial charge >= 0.3 is 0 Å². The molecule has 1 atom stereocenters. The average molecular weight is 354 g/mol. The molecule has 2 N–H and O–H groups in total. The molecule has 0 saturated heterocycles. The Morgan fingerprint density at radius 3 is 2.38 bits per heavy atom. The van der Waals surface area contributed by atoms with Crippen molar-refractivity contribution in [2.75, 3.05) is 27.2 Å². The molecule has 0 radical (unpaired) electrons. The van der Waals surface area contributed by atoms with Crippen molar-refractivity contribution in [3.63, 3.8) is 0 Å². The van der Waals surface area contributed by atoms with Crippen molar-refractivity contribution >= 4 is 11.8 Å². The molecule has 26 heavy (non-hydrogen) atoms. The molecule has 0 aliphatic carbocycles. The third-order valence-corrected chi connectivity index (χ3v) is 3.98. The minimum absolute atomic E-state index is 0.132. The van der Waals surface area contributed by atoms with Gasteiger partial charge in [-0.3, -0.25) is 14.6 Å². The van der Waals surface area contributed by atoms with Crippen LogP contribution >= 0.6 is 0 Å². The molecule has 138 valence electrons. The van der Waals surface area contributed by atoms with Gasteiger partial charge in [0, 0.05) is 18.9 Å². The molecule has 0 spiro atoms. The lowest BCUT2D eigenvalue weighted by molar-refractivity contribution is 0.0939. The number of carbonyl (C=O) groups excluding carboxylic acids is 2. The first-order valence-corrected chi connectivity index (χ1v) is 8.71. The van der Waals surface area contributed by atoms with Crippen LogP contribution in [-0.4, -0.2) is 48.9 Å². The van der Waals surface area contributed by atoms with Gasteiger partial charge in [-0.05, 0) is 45.6 Å². The number of amides is 2. The monoisotopic (exact) mass is 354 g/mol. The van der Waals surface area contributed by atoms with Gasteiger partial charge in [0.1, 0.15) is 0 Å². The van der Waals surface area contributed by atoms with Crippen LogP contribution in [0.2, 0.25) is 0 Å². The maximum Gasteiger partial charge on any atom is 0.253 e. The van der Waals surface area contributed by atoms with E-state index in [4.69, 9.17) is 0 Å². The lowest BCUT2D eigenvalue weighted by Gasteiger charge is -2.14. The number of hydrogen-bond donors (Lipinski definition) is 2. The van der Waals surface area contributed by atoms with Crippen molar-refractivity contribution in [2.45, 2.75) is 19.4 Å². The fourth-order valence-corrected chi connectivity index (χ4v) is 2.49. The zero-order chi connectivity index (χ0) is 18.9. The Balaban J connectivity index is 1.95. The zero-order valence-corrected chi connectivity index (χ0v) is 15.5. The molecule has 6 heteroatoms. The summed E-state index contributed by atoms with van der Waals surface area (Å²) in [4.78, 5) is 30.8. The largest absolute Gasteiger partial charge is 0.352 e. The van der Waals surface area contributed by atoms with E-state index in [9.17, 15) is 9.59 Å². The first-order valence-electron chi connectivity index (χ1n) is 8.71. The molecule has 1 aromatic heterocycles. The molecule has 1 unspecified atom stereocenters. The van der Waals surface area contributed by atoms with Crippen LogP contribution in [-0.2, 0) is 0 Å². The predicted molar refractivity (Wildman–Crippen MR) is 102 cm³/mol. The summed E-state index contributed by atoms with van der Waals surface area (Å²) < 4.78 is 0. The number of benzene rings is 1. The zero-order valence-electron chi connectivity index (χ0n) is 15.5. The smallest absolute Gasteiger partial charge is 0.253 e. The second-order valence-electron chi connectivity index (χ2n) is 6.48. The van der Waals surface area contributed by atoms with Crippen LogP contribution in [0.3, 0.4) is 0 Å². The minimum atomic E-state index is -0.254. The van der Waals surface area contributed by atoms with Gasteiger partial charge in [0.15, 0.2) is 0 Å². The molecule has 0 fully saturated rings. The molecule has 0 saturated carbocycles. The van der Waals surface area contributed by atoms with Gasteiger partial charge in [0.25, 0.3) is 11.8 Å². The number of carbonyl (C=O) groups is 2. The topological polar surface area (TPSA) is 74.3 Å². The maximum atomic E-state index is 12.5. The third-order valence-electron chi connectivity index (χ3n) is 3.98. The van der Waals surface area contributed by atoms with E-state index in [2.05, 4.69) is 20.5 Å². The Kier molecular flexibility index (Phi) is 7.29. The number of pyridine rings is 1. The summed E-state index contributed by atoms with van der Waals surface area (Å²) in [5.41, 5.74) is 1.77. The van der Waals surface area contributed by atoms with Crippen LogP contribution in [0.25, 0.3) is 0 Å². The highest BCUT2D eigenvalue weighted by Gasteiger charge is 2.14. The van der Waals surface area contributed by atoms with E-state index in [1.807, 2.05) is 51.4 Å². The van der Waals surface area contributed by atoms with Crippen molar-refractivity contribution in [3.05, 3.63) is 65.5 Å². The molecule has 1 aromatic carbocycles. The highest BCUT2D eigenvalue weighted by Crippen LogP contribution is 2.12. The second kappa shape index (κ2) is 9.68. The van der Waals surface area contributed by atoms with Crippen LogP contribution in [0.1, 0.15) is 45.7 Å². The molecule has 0 aliphatic rings. The number of rotatable bonds is 8. The molecule has 0 aliphatic heterocycles. The van der Waals surface area contributed by atoms with Crippen molar-refractivity contribution < 1.29 is 9.59 Å². The predicted octanol–water partition coefficient (Wildman–Crippen LogP) is 2.25. The van der Waals surface area contributed by atoms with Gasteiger partial charge in [-0.15, -0.1) is 0 Å². The standard InChI is InChI=1S/C20H26N4O2/c1-15(16-8-5-4-6-9-16)23-20(26)18-12-17(13-21-14-18)19(25)22-10-7-11-24(2)3/h4-6,8-9,12-15H,7,10-11H2,1-3H3,(H,22,25)(H,23,26). The summed E-state index contributed by atoms with van der Waals surface area (Å²) in [6.45, 7) is 3.40. The van der Waals surface area contributed by atoms with Crippen molar-refractivity contribution in [1.29, 1.82) is 0 Å². The van der Waals surface area contributed by atoms with Gasteiger partial charge in [0.05, 0.1) is 17.2 Å². The van der Waals surface area contributed by atoms with E-state index >= 15 is 0 Å². The van der Waals surface area contributed by atoms with Crippen molar-refractivity contribution in [2.24, 2.45) is 0 Å². The summed E-state index contributed by atoms with van der Waals surface area (Å²) in [5.74, 6) is -0.474. The van der Waals surface area contributed by atoms with Crippen LogP contribution in [0, 0.1) is 0 Å². The number of nitrogens with one attached hydrogen (secondary N) is 2. The van der Waals surface area contributed by atoms with E-state index < -0.39 is 0 Å². The van der Waals surface area contributed by atoms with Gasteiger partial charge in [0.2, 0.25) is 0 Å². The van der Waals surface area contributed by atoms with Crippen molar-refractivity contribution in [3.8, 4) is 0 Å². The lowest BCUT2D eigenvalue weighted by Crippen LogP contribution is -2.29. The highest BCUT2D eigenvalue weighted by molar-refractivity contribution is 5.99. The second-order valence-corrected chi connectivity index (χ2v) is 6.48. The summed E-state index contributed by atoms with van der Waals surface area (Å²) in [5, 5.41) is 5.78. The lowest BCUT2D eigenvalue weighted by atomic mass is 10.1.